The van der Waals surface area contributed by atoms with E-state index >= 15 is 0 Å². The molecule has 1 aromatic heterocycles. The molecule has 8 nitrogen and oxygen atoms in total. The van der Waals surface area contributed by atoms with Gasteiger partial charge in [0.1, 0.15) is 12.0 Å². The summed E-state index contributed by atoms with van der Waals surface area (Å²) in [4.78, 5) is 16.2. The number of hydrogen-bond acceptors (Lipinski definition) is 6. The lowest BCUT2D eigenvalue weighted by Gasteiger charge is -2.30. The number of hydrogen-bond donors (Lipinski definition) is 2. The molecule has 0 spiro atoms. The second-order valence-corrected chi connectivity index (χ2v) is 11.0. The molecule has 188 valence electrons. The zero-order chi connectivity index (χ0) is 25.6. The van der Waals surface area contributed by atoms with E-state index in [9.17, 15) is 18.3 Å². The molecule has 9 heteroatoms. The highest BCUT2D eigenvalue weighted by Crippen LogP contribution is 2.24. The summed E-state index contributed by atoms with van der Waals surface area (Å²) in [6, 6.07) is 15.3. The van der Waals surface area contributed by atoms with Crippen LogP contribution in [0.4, 0.5) is 0 Å². The molecular weight excluding hydrogens is 466 g/mol. The van der Waals surface area contributed by atoms with Gasteiger partial charge in [0.15, 0.2) is 5.89 Å². The van der Waals surface area contributed by atoms with E-state index in [4.69, 9.17) is 4.42 Å². The van der Waals surface area contributed by atoms with Crippen molar-refractivity contribution in [3.8, 4) is 11.3 Å². The van der Waals surface area contributed by atoms with Gasteiger partial charge in [0, 0.05) is 32.5 Å². The van der Waals surface area contributed by atoms with Crippen molar-refractivity contribution in [1.29, 1.82) is 0 Å². The summed E-state index contributed by atoms with van der Waals surface area (Å²) in [5, 5.41) is 13.8. The first-order valence-corrected chi connectivity index (χ1v) is 13.0. The molecule has 2 aromatic carbocycles. The van der Waals surface area contributed by atoms with Crippen molar-refractivity contribution in [3.05, 3.63) is 72.3 Å². The Hall–Kier alpha value is -3.01. The molecule has 1 amide bonds. The van der Waals surface area contributed by atoms with Gasteiger partial charge in [-0.3, -0.25) is 4.79 Å². The highest BCUT2D eigenvalue weighted by Gasteiger charge is 2.31. The van der Waals surface area contributed by atoms with E-state index < -0.39 is 22.2 Å². The van der Waals surface area contributed by atoms with E-state index in [1.54, 1.807) is 19.1 Å². The largest absolute Gasteiger partial charge is 0.449 e. The lowest BCUT2D eigenvalue weighted by atomic mass is 10.0. The van der Waals surface area contributed by atoms with Crippen molar-refractivity contribution in [1.82, 2.24) is 14.6 Å². The van der Waals surface area contributed by atoms with Crippen LogP contribution in [0.3, 0.4) is 0 Å². The van der Waals surface area contributed by atoms with Crippen molar-refractivity contribution in [2.45, 2.75) is 51.2 Å². The minimum Gasteiger partial charge on any atom is -0.449 e. The molecule has 0 saturated heterocycles. The second kappa shape index (κ2) is 11.6. The van der Waals surface area contributed by atoms with Gasteiger partial charge in [-0.1, -0.05) is 56.3 Å². The maximum Gasteiger partial charge on any atom is 0.243 e. The van der Waals surface area contributed by atoms with E-state index in [1.807, 2.05) is 44.2 Å². The molecule has 3 rings (SSSR count). The summed E-state index contributed by atoms with van der Waals surface area (Å²) in [6.45, 7) is 7.03. The van der Waals surface area contributed by atoms with Gasteiger partial charge in [0.05, 0.1) is 17.0 Å². The van der Waals surface area contributed by atoms with Crippen LogP contribution in [0.15, 0.2) is 70.2 Å². The SMILES string of the molecule is CC(=O)NC(Cc1ccccc1)C(O)CN(CC(C)C)S(=O)(=O)c1ccc(-c2coc(C)n2)cc1. The molecule has 2 atom stereocenters. The normalized spacial score (nSPS) is 13.7. The number of rotatable bonds is 11. The van der Waals surface area contributed by atoms with Crippen LogP contribution in [0.1, 0.15) is 32.2 Å². The predicted octanol–water partition coefficient (Wildman–Crippen LogP) is 3.41. The van der Waals surface area contributed by atoms with Crippen LogP contribution in [0.2, 0.25) is 0 Å². The van der Waals surface area contributed by atoms with Gasteiger partial charge >= 0.3 is 0 Å². The molecule has 0 radical (unpaired) electrons. The summed E-state index contributed by atoms with van der Waals surface area (Å²) in [6.07, 6.45) is 0.794. The average molecular weight is 500 g/mol. The van der Waals surface area contributed by atoms with Crippen LogP contribution in [0.25, 0.3) is 11.3 Å². The fourth-order valence-electron chi connectivity index (χ4n) is 3.87. The summed E-state index contributed by atoms with van der Waals surface area (Å²) in [5.41, 5.74) is 2.30. The minimum absolute atomic E-state index is 0.0303. The van der Waals surface area contributed by atoms with Crippen molar-refractivity contribution in [2.75, 3.05) is 13.1 Å². The quantitative estimate of drug-likeness (QED) is 0.418. The van der Waals surface area contributed by atoms with Crippen molar-refractivity contribution < 1.29 is 22.7 Å². The van der Waals surface area contributed by atoms with Crippen molar-refractivity contribution in [2.24, 2.45) is 5.92 Å². The molecule has 0 saturated carbocycles. The minimum atomic E-state index is -3.90. The Morgan fingerprint density at radius 1 is 1.09 bits per heavy atom. The number of amides is 1. The van der Waals surface area contributed by atoms with Crippen LogP contribution in [-0.4, -0.2) is 54.0 Å². The Balaban J connectivity index is 1.83. The maximum atomic E-state index is 13.6. The Bertz CT molecular complexity index is 1210. The summed E-state index contributed by atoms with van der Waals surface area (Å²) in [5.74, 6) is 0.266. The number of benzene rings is 2. The Labute approximate surface area is 207 Å². The smallest absolute Gasteiger partial charge is 0.243 e. The molecule has 2 N–H and O–H groups in total. The van der Waals surface area contributed by atoms with Crippen LogP contribution in [-0.2, 0) is 21.2 Å². The predicted molar refractivity (Wildman–Crippen MR) is 134 cm³/mol. The molecule has 0 aliphatic carbocycles. The third-order valence-electron chi connectivity index (χ3n) is 5.52. The maximum absolute atomic E-state index is 13.6. The van der Waals surface area contributed by atoms with Gasteiger partial charge in [-0.15, -0.1) is 0 Å². The number of sulfonamides is 1. The number of aliphatic hydroxyl groups excluding tert-OH is 1. The number of carbonyl (C=O) groups is 1. The molecule has 0 aliphatic rings. The molecule has 2 unspecified atom stereocenters. The topological polar surface area (TPSA) is 113 Å². The summed E-state index contributed by atoms with van der Waals surface area (Å²) < 4.78 is 33.6. The van der Waals surface area contributed by atoms with Crippen LogP contribution in [0.5, 0.6) is 0 Å². The number of aryl methyl sites for hydroxylation is 1. The fraction of sp³-hybridized carbons (Fsp3) is 0.385. The number of oxazole rings is 1. The fourth-order valence-corrected chi connectivity index (χ4v) is 5.49. The standard InChI is InChI=1S/C26H33N3O5S/c1-18(2)15-29(16-26(31)24(27-19(3)30)14-21-8-6-5-7-9-21)35(32,33)23-12-10-22(11-13-23)25-17-34-20(4)28-25/h5-13,17-18,24,26,31H,14-16H2,1-4H3,(H,27,30). The Kier molecular flexibility index (Phi) is 8.82. The third kappa shape index (κ3) is 7.24. The molecule has 1 heterocycles. The van der Waals surface area contributed by atoms with Gasteiger partial charge in [-0.05, 0) is 30.0 Å². The van der Waals surface area contributed by atoms with Crippen LogP contribution in [0, 0.1) is 12.8 Å². The first kappa shape index (κ1) is 26.6. The second-order valence-electron chi connectivity index (χ2n) is 9.06. The molecule has 0 aliphatic heterocycles. The van der Waals surface area contributed by atoms with Crippen LogP contribution < -0.4 is 5.32 Å². The number of carbonyl (C=O) groups excluding carboxylic acids is 1. The zero-order valence-electron chi connectivity index (χ0n) is 20.5. The van der Waals surface area contributed by atoms with E-state index in [2.05, 4.69) is 10.3 Å². The number of aromatic nitrogens is 1. The average Bonchev–Trinajstić information content (AvgIpc) is 3.24. The van der Waals surface area contributed by atoms with E-state index in [0.717, 1.165) is 11.1 Å². The van der Waals surface area contributed by atoms with Gasteiger partial charge in [-0.25, -0.2) is 13.4 Å². The number of nitrogens with zero attached hydrogens (tertiary/aromatic N) is 2. The molecular formula is C26H33N3O5S. The summed E-state index contributed by atoms with van der Waals surface area (Å²) >= 11 is 0. The van der Waals surface area contributed by atoms with Crippen LogP contribution >= 0.6 is 0 Å². The lowest BCUT2D eigenvalue weighted by Crippen LogP contribution is -2.50. The first-order valence-electron chi connectivity index (χ1n) is 11.6. The Morgan fingerprint density at radius 3 is 2.29 bits per heavy atom. The third-order valence-corrected chi connectivity index (χ3v) is 7.36. The van der Waals surface area contributed by atoms with E-state index in [1.165, 1.54) is 29.6 Å². The van der Waals surface area contributed by atoms with Crippen molar-refractivity contribution >= 4 is 15.9 Å². The molecule has 3 aromatic rings. The number of nitrogens with one attached hydrogen (secondary N) is 1. The van der Waals surface area contributed by atoms with E-state index in [-0.39, 0.29) is 29.8 Å². The number of aliphatic hydroxyl groups is 1. The van der Waals surface area contributed by atoms with E-state index in [0.29, 0.717) is 18.0 Å². The van der Waals surface area contributed by atoms with Gasteiger partial charge in [0.2, 0.25) is 15.9 Å². The van der Waals surface area contributed by atoms with Crippen molar-refractivity contribution in [3.63, 3.8) is 0 Å². The highest BCUT2D eigenvalue weighted by molar-refractivity contribution is 7.89. The molecule has 0 bridgehead atoms. The molecule has 35 heavy (non-hydrogen) atoms. The monoisotopic (exact) mass is 499 g/mol. The van der Waals surface area contributed by atoms with Gasteiger partial charge < -0.3 is 14.8 Å². The lowest BCUT2D eigenvalue weighted by molar-refractivity contribution is -0.120. The molecule has 0 fully saturated rings. The zero-order valence-corrected chi connectivity index (χ0v) is 21.3. The van der Waals surface area contributed by atoms with Gasteiger partial charge in [0.25, 0.3) is 0 Å². The highest BCUT2D eigenvalue weighted by atomic mass is 32.2. The van der Waals surface area contributed by atoms with Gasteiger partial charge in [-0.2, -0.15) is 4.31 Å². The first-order chi connectivity index (χ1) is 16.6. The Morgan fingerprint density at radius 2 is 1.74 bits per heavy atom. The summed E-state index contributed by atoms with van der Waals surface area (Å²) in [7, 11) is -3.90.